The molecule has 0 saturated heterocycles. The van der Waals surface area contributed by atoms with Crippen molar-refractivity contribution < 1.29 is 23.4 Å². The van der Waals surface area contributed by atoms with Gasteiger partial charge in [0, 0.05) is 6.54 Å². The molecule has 0 unspecified atom stereocenters. The summed E-state index contributed by atoms with van der Waals surface area (Å²) in [6.07, 6.45) is 4.15. The quantitative estimate of drug-likeness (QED) is 0.540. The molecule has 0 bridgehead atoms. The predicted molar refractivity (Wildman–Crippen MR) is 69.7 cm³/mol. The zero-order valence-corrected chi connectivity index (χ0v) is 11.1. The smallest absolute Gasteiger partial charge is 0.339 e. The van der Waals surface area contributed by atoms with Crippen LogP contribution in [0.3, 0.4) is 0 Å². The van der Waals surface area contributed by atoms with Gasteiger partial charge in [-0.15, -0.1) is 0 Å². The number of benzene rings is 1. The molecular formula is C12H15NO5S. The van der Waals surface area contributed by atoms with Gasteiger partial charge in [0.1, 0.15) is 11.3 Å². The Kier molecular flexibility index (Phi) is 5.08. The summed E-state index contributed by atoms with van der Waals surface area (Å²) in [4.78, 5) is 10.6. The molecule has 0 heterocycles. The number of carbonyl (C=O) groups is 1. The third kappa shape index (κ3) is 4.08. The van der Waals surface area contributed by atoms with E-state index in [2.05, 4.69) is 4.72 Å². The maximum absolute atomic E-state index is 11.9. The number of phenols is 1. The van der Waals surface area contributed by atoms with Crippen molar-refractivity contribution in [3.05, 3.63) is 35.9 Å². The lowest BCUT2D eigenvalue weighted by Crippen LogP contribution is -2.24. The summed E-state index contributed by atoms with van der Waals surface area (Å²) in [6.45, 7) is 2.05. The number of hydrogen-bond acceptors (Lipinski definition) is 4. The molecule has 0 aliphatic rings. The summed E-state index contributed by atoms with van der Waals surface area (Å²) >= 11 is 0. The van der Waals surface area contributed by atoms with E-state index < -0.39 is 27.3 Å². The molecule has 19 heavy (non-hydrogen) atoms. The molecule has 0 saturated carbocycles. The van der Waals surface area contributed by atoms with E-state index in [4.69, 9.17) is 5.11 Å². The first-order chi connectivity index (χ1) is 8.88. The fourth-order valence-corrected chi connectivity index (χ4v) is 2.45. The normalized spacial score (nSPS) is 11.8. The molecule has 1 aromatic rings. The van der Waals surface area contributed by atoms with Crippen molar-refractivity contribution in [1.29, 1.82) is 0 Å². The zero-order valence-electron chi connectivity index (χ0n) is 10.3. The number of allylic oxidation sites excluding steroid dienone is 1. The molecule has 0 fully saturated rings. The molecule has 1 rings (SSSR count). The van der Waals surface area contributed by atoms with Crippen LogP contribution in [0.25, 0.3) is 0 Å². The lowest BCUT2D eigenvalue weighted by molar-refractivity contribution is 0.0693. The van der Waals surface area contributed by atoms with Gasteiger partial charge in [-0.05, 0) is 31.5 Å². The highest BCUT2D eigenvalue weighted by atomic mass is 32.2. The van der Waals surface area contributed by atoms with Crippen molar-refractivity contribution in [2.45, 2.75) is 18.2 Å². The van der Waals surface area contributed by atoms with Crippen LogP contribution < -0.4 is 4.72 Å². The van der Waals surface area contributed by atoms with Crippen LogP contribution in [-0.2, 0) is 10.0 Å². The average molecular weight is 285 g/mol. The van der Waals surface area contributed by atoms with Crippen LogP contribution in [0.5, 0.6) is 5.75 Å². The fourth-order valence-electron chi connectivity index (χ4n) is 1.38. The maximum atomic E-state index is 11.9. The molecule has 0 aliphatic heterocycles. The summed E-state index contributed by atoms with van der Waals surface area (Å²) in [6, 6.07) is 3.12. The molecule has 0 spiro atoms. The van der Waals surface area contributed by atoms with E-state index in [-0.39, 0.29) is 11.4 Å². The Balaban J connectivity index is 2.95. The molecule has 3 N–H and O–H groups in total. The lowest BCUT2D eigenvalue weighted by atomic mass is 10.2. The molecule has 0 aromatic heterocycles. The van der Waals surface area contributed by atoms with E-state index in [1.54, 1.807) is 6.08 Å². The van der Waals surface area contributed by atoms with Gasteiger partial charge in [0.15, 0.2) is 0 Å². The van der Waals surface area contributed by atoms with Gasteiger partial charge >= 0.3 is 5.97 Å². The Bertz CT molecular complexity index is 592. The first-order valence-corrected chi connectivity index (χ1v) is 7.04. The number of carboxylic acid groups (broad SMARTS) is 1. The Morgan fingerprint density at radius 1 is 1.42 bits per heavy atom. The van der Waals surface area contributed by atoms with E-state index in [1.165, 1.54) is 0 Å². The number of hydrogen-bond donors (Lipinski definition) is 3. The van der Waals surface area contributed by atoms with Crippen molar-refractivity contribution in [3.63, 3.8) is 0 Å². The van der Waals surface area contributed by atoms with Crippen LogP contribution in [0.4, 0.5) is 0 Å². The minimum absolute atomic E-state index is 0.192. The van der Waals surface area contributed by atoms with Crippen LogP contribution in [0, 0.1) is 0 Å². The second kappa shape index (κ2) is 6.35. The summed E-state index contributed by atoms with van der Waals surface area (Å²) in [5.41, 5.74) is -0.448. The Morgan fingerprint density at radius 3 is 2.68 bits per heavy atom. The highest BCUT2D eigenvalue weighted by Crippen LogP contribution is 2.21. The van der Waals surface area contributed by atoms with Crippen molar-refractivity contribution >= 4 is 16.0 Å². The van der Waals surface area contributed by atoms with Gasteiger partial charge in [-0.2, -0.15) is 0 Å². The molecule has 0 aliphatic carbocycles. The van der Waals surface area contributed by atoms with Gasteiger partial charge in [0.25, 0.3) is 0 Å². The predicted octanol–water partition coefficient (Wildman–Crippen LogP) is 1.33. The largest absolute Gasteiger partial charge is 0.507 e. The number of sulfonamides is 1. The van der Waals surface area contributed by atoms with E-state index in [9.17, 15) is 18.3 Å². The standard InChI is InChI=1S/C12H15NO5S/c1-2-3-4-7-13-19(17,18)9-5-6-11(14)10(8-9)12(15)16/h2-3,5-6,8,13-14H,4,7H2,1H3,(H,15,16)/b3-2+. The molecule has 0 amide bonds. The second-order valence-corrected chi connectivity index (χ2v) is 5.51. The van der Waals surface area contributed by atoms with Gasteiger partial charge in [-0.3, -0.25) is 0 Å². The van der Waals surface area contributed by atoms with Gasteiger partial charge in [0.05, 0.1) is 4.90 Å². The summed E-state index contributed by atoms with van der Waals surface area (Å²) < 4.78 is 26.1. The van der Waals surface area contributed by atoms with E-state index in [1.807, 2.05) is 13.0 Å². The van der Waals surface area contributed by atoms with Crippen molar-refractivity contribution in [1.82, 2.24) is 4.72 Å². The number of aromatic hydroxyl groups is 1. The monoisotopic (exact) mass is 285 g/mol. The minimum Gasteiger partial charge on any atom is -0.507 e. The molecule has 6 nitrogen and oxygen atoms in total. The SMILES string of the molecule is C/C=C/CCNS(=O)(=O)c1ccc(O)c(C(=O)O)c1. The van der Waals surface area contributed by atoms with Crippen molar-refractivity contribution in [3.8, 4) is 5.75 Å². The van der Waals surface area contributed by atoms with Crippen molar-refractivity contribution in [2.24, 2.45) is 0 Å². The molecule has 0 radical (unpaired) electrons. The number of nitrogens with one attached hydrogen (secondary N) is 1. The molecule has 1 aromatic carbocycles. The summed E-state index contributed by atoms with van der Waals surface area (Å²) in [5.74, 6) is -1.86. The van der Waals surface area contributed by atoms with Gasteiger partial charge in [0.2, 0.25) is 10.0 Å². The first kappa shape index (κ1) is 15.2. The topological polar surface area (TPSA) is 104 Å². The number of aromatic carboxylic acids is 1. The van der Waals surface area contributed by atoms with E-state index >= 15 is 0 Å². The van der Waals surface area contributed by atoms with Gasteiger partial charge < -0.3 is 10.2 Å². The average Bonchev–Trinajstić information content (AvgIpc) is 2.34. The lowest BCUT2D eigenvalue weighted by Gasteiger charge is -2.07. The Morgan fingerprint density at radius 2 is 2.11 bits per heavy atom. The summed E-state index contributed by atoms with van der Waals surface area (Å²) in [5, 5.41) is 18.1. The Labute approximate surface area is 111 Å². The maximum Gasteiger partial charge on any atom is 0.339 e. The fraction of sp³-hybridized carbons (Fsp3) is 0.250. The molecule has 104 valence electrons. The second-order valence-electron chi connectivity index (χ2n) is 3.74. The van der Waals surface area contributed by atoms with Crippen LogP contribution in [0.1, 0.15) is 23.7 Å². The van der Waals surface area contributed by atoms with E-state index in [0.717, 1.165) is 18.2 Å². The van der Waals surface area contributed by atoms with Crippen LogP contribution in [0.2, 0.25) is 0 Å². The Hall–Kier alpha value is -1.86. The molecule has 7 heteroatoms. The molecular weight excluding hydrogens is 270 g/mol. The van der Waals surface area contributed by atoms with Gasteiger partial charge in [-0.1, -0.05) is 12.2 Å². The van der Waals surface area contributed by atoms with Crippen LogP contribution in [-0.4, -0.2) is 31.1 Å². The highest BCUT2D eigenvalue weighted by Gasteiger charge is 2.18. The van der Waals surface area contributed by atoms with Crippen LogP contribution in [0.15, 0.2) is 35.2 Å². The van der Waals surface area contributed by atoms with E-state index in [0.29, 0.717) is 6.42 Å². The number of carboxylic acids is 1. The summed E-state index contributed by atoms with van der Waals surface area (Å²) in [7, 11) is -3.77. The van der Waals surface area contributed by atoms with Gasteiger partial charge in [-0.25, -0.2) is 17.9 Å². The van der Waals surface area contributed by atoms with Crippen molar-refractivity contribution in [2.75, 3.05) is 6.54 Å². The minimum atomic E-state index is -3.77. The third-order valence-corrected chi connectivity index (χ3v) is 3.81. The first-order valence-electron chi connectivity index (χ1n) is 5.55. The third-order valence-electron chi connectivity index (χ3n) is 2.35. The highest BCUT2D eigenvalue weighted by molar-refractivity contribution is 7.89. The van der Waals surface area contributed by atoms with Crippen LogP contribution >= 0.6 is 0 Å². The molecule has 0 atom stereocenters. The zero-order chi connectivity index (χ0) is 14.5. The number of rotatable bonds is 6.